The van der Waals surface area contributed by atoms with E-state index in [0.717, 1.165) is 37.0 Å². The minimum atomic E-state index is 0.0655. The van der Waals surface area contributed by atoms with E-state index in [1.165, 1.54) is 12.8 Å². The minimum absolute atomic E-state index is 0.0655. The van der Waals surface area contributed by atoms with Crippen molar-refractivity contribution in [3.63, 3.8) is 0 Å². The van der Waals surface area contributed by atoms with Crippen LogP contribution in [-0.4, -0.2) is 50.6 Å². The number of nitrogens with zero attached hydrogens (tertiary/aromatic N) is 5. The van der Waals surface area contributed by atoms with E-state index in [9.17, 15) is 4.79 Å². The second-order valence-corrected chi connectivity index (χ2v) is 7.39. The molecular weight excluding hydrogens is 344 g/mol. The molecule has 3 aromatic rings. The lowest BCUT2D eigenvalue weighted by atomic mass is 9.94. The van der Waals surface area contributed by atoms with Crippen molar-refractivity contribution in [2.75, 3.05) is 25.0 Å². The van der Waals surface area contributed by atoms with Gasteiger partial charge in [-0.3, -0.25) is 9.78 Å². The molecule has 5 rings (SSSR count). The fourth-order valence-electron chi connectivity index (χ4n) is 3.63. The van der Waals surface area contributed by atoms with Gasteiger partial charge in [0.25, 0.3) is 5.89 Å². The molecule has 1 aliphatic carbocycles. The van der Waals surface area contributed by atoms with Gasteiger partial charge in [-0.15, -0.1) is 5.10 Å². The van der Waals surface area contributed by atoms with Gasteiger partial charge < -0.3 is 14.6 Å². The molecule has 138 valence electrons. The Morgan fingerprint density at radius 2 is 1.89 bits per heavy atom. The summed E-state index contributed by atoms with van der Waals surface area (Å²) < 4.78 is 5.59. The third-order valence-electron chi connectivity index (χ3n) is 5.62. The van der Waals surface area contributed by atoms with E-state index in [1.54, 1.807) is 6.20 Å². The molecule has 0 radical (unpaired) electrons. The maximum absolute atomic E-state index is 12.4. The van der Waals surface area contributed by atoms with Crippen LogP contribution in [0.25, 0.3) is 22.6 Å². The molecule has 1 aromatic carbocycles. The summed E-state index contributed by atoms with van der Waals surface area (Å²) in [5.74, 6) is 0.340. The molecule has 1 aliphatic heterocycles. The number of hydrogen-bond donors (Lipinski definition) is 1. The van der Waals surface area contributed by atoms with E-state index < -0.39 is 0 Å². The first-order chi connectivity index (χ1) is 13.2. The number of para-hydroxylation sites is 2. The fraction of sp³-hybridized carbons (Fsp3) is 0.421. The Bertz CT molecular complexity index is 987. The highest BCUT2D eigenvalue weighted by Crippen LogP contribution is 2.53. The van der Waals surface area contributed by atoms with Crippen LogP contribution in [0.15, 0.2) is 34.9 Å². The maximum atomic E-state index is 12.4. The summed E-state index contributed by atoms with van der Waals surface area (Å²) in [5.41, 5.74) is 2.63. The molecule has 2 aromatic heterocycles. The Labute approximate surface area is 156 Å². The number of benzene rings is 1. The Balaban J connectivity index is 1.22. The van der Waals surface area contributed by atoms with E-state index in [-0.39, 0.29) is 24.4 Å². The fourth-order valence-corrected chi connectivity index (χ4v) is 3.63. The van der Waals surface area contributed by atoms with Crippen LogP contribution in [0, 0.1) is 5.41 Å². The molecule has 8 heteroatoms. The molecule has 0 atom stereocenters. The Kier molecular flexibility index (Phi) is 3.77. The van der Waals surface area contributed by atoms with E-state index in [0.29, 0.717) is 11.1 Å². The highest BCUT2D eigenvalue weighted by Gasteiger charge is 2.44. The second kappa shape index (κ2) is 6.29. The molecule has 1 N–H and O–H groups in total. The van der Waals surface area contributed by atoms with E-state index in [2.05, 4.69) is 25.5 Å². The average molecular weight is 364 g/mol. The number of carbonyl (C=O) groups excluding carboxylic acids is 1. The highest BCUT2D eigenvalue weighted by molar-refractivity contribution is 5.80. The van der Waals surface area contributed by atoms with Crippen molar-refractivity contribution in [1.29, 1.82) is 0 Å². The molecule has 27 heavy (non-hydrogen) atoms. The molecule has 2 aliphatic rings. The summed E-state index contributed by atoms with van der Waals surface area (Å²) in [6, 6.07) is 7.80. The largest absolute Gasteiger partial charge is 0.402 e. The van der Waals surface area contributed by atoms with Crippen molar-refractivity contribution < 1.29 is 9.21 Å². The van der Waals surface area contributed by atoms with Crippen molar-refractivity contribution in [3.8, 4) is 11.6 Å². The zero-order valence-electron chi connectivity index (χ0n) is 14.9. The van der Waals surface area contributed by atoms with Crippen LogP contribution in [0.2, 0.25) is 0 Å². The lowest BCUT2D eigenvalue weighted by Crippen LogP contribution is -2.41. The van der Waals surface area contributed by atoms with Crippen LogP contribution in [0.3, 0.4) is 0 Å². The zero-order chi connectivity index (χ0) is 18.3. The molecule has 0 unspecified atom stereocenters. The molecule has 2 fully saturated rings. The number of anilines is 1. The molecule has 1 saturated heterocycles. The van der Waals surface area contributed by atoms with E-state index in [1.807, 2.05) is 29.2 Å². The smallest absolute Gasteiger partial charge is 0.316 e. The van der Waals surface area contributed by atoms with Crippen LogP contribution in [0.1, 0.15) is 25.7 Å². The predicted octanol–water partition coefficient (Wildman–Crippen LogP) is 2.49. The quantitative estimate of drug-likeness (QED) is 0.759. The number of piperidine rings is 1. The lowest BCUT2D eigenvalue weighted by molar-refractivity contribution is -0.130. The monoisotopic (exact) mass is 364 g/mol. The molecule has 1 amide bonds. The van der Waals surface area contributed by atoms with Gasteiger partial charge in [-0.25, -0.2) is 4.98 Å². The SMILES string of the molecule is O=C(CNc1nnc(-c2cnc3ccccc3n2)o1)N1CCC2(CC1)CC2. The lowest BCUT2D eigenvalue weighted by Gasteiger charge is -2.32. The molecular formula is C19H20N6O2. The Hall–Kier alpha value is -3.03. The number of carbonyl (C=O) groups is 1. The van der Waals surface area contributed by atoms with E-state index >= 15 is 0 Å². The van der Waals surface area contributed by atoms with Gasteiger partial charge in [-0.1, -0.05) is 17.2 Å². The number of likely N-dealkylation sites (tertiary alicyclic amines) is 1. The second-order valence-electron chi connectivity index (χ2n) is 7.39. The summed E-state index contributed by atoms with van der Waals surface area (Å²) in [6.07, 6.45) is 6.52. The van der Waals surface area contributed by atoms with Crippen LogP contribution < -0.4 is 5.32 Å². The summed E-state index contributed by atoms with van der Waals surface area (Å²) in [6.45, 7) is 1.85. The number of hydrogen-bond acceptors (Lipinski definition) is 7. The first kappa shape index (κ1) is 16.2. The standard InChI is InChI=1S/C19H20N6O2/c26-16(25-9-7-19(5-6-19)8-10-25)12-21-18-24-23-17(27-18)15-11-20-13-3-1-2-4-14(13)22-15/h1-4,11H,5-10,12H2,(H,21,24). The summed E-state index contributed by atoms with van der Waals surface area (Å²) in [7, 11) is 0. The maximum Gasteiger partial charge on any atom is 0.316 e. The van der Waals surface area contributed by atoms with Gasteiger partial charge in [0.1, 0.15) is 5.69 Å². The number of amides is 1. The van der Waals surface area contributed by atoms with Crippen LogP contribution in [0.5, 0.6) is 0 Å². The van der Waals surface area contributed by atoms with Gasteiger partial charge in [0.2, 0.25) is 5.91 Å². The van der Waals surface area contributed by atoms with Gasteiger partial charge in [-0.2, -0.15) is 0 Å². The van der Waals surface area contributed by atoms with Crippen molar-refractivity contribution in [1.82, 2.24) is 25.1 Å². The summed E-state index contributed by atoms with van der Waals surface area (Å²) in [4.78, 5) is 23.1. The highest BCUT2D eigenvalue weighted by atomic mass is 16.4. The van der Waals surface area contributed by atoms with Crippen molar-refractivity contribution >= 4 is 23.0 Å². The van der Waals surface area contributed by atoms with E-state index in [4.69, 9.17) is 4.42 Å². The number of fused-ring (bicyclic) bond motifs is 1. The number of nitrogens with one attached hydrogen (secondary N) is 1. The molecule has 1 saturated carbocycles. The van der Waals surface area contributed by atoms with Crippen LogP contribution in [-0.2, 0) is 4.79 Å². The Morgan fingerprint density at radius 1 is 1.11 bits per heavy atom. The number of aromatic nitrogens is 4. The summed E-state index contributed by atoms with van der Waals surface area (Å²) >= 11 is 0. The average Bonchev–Trinajstić information content (AvgIpc) is 3.29. The van der Waals surface area contributed by atoms with Gasteiger partial charge in [0.05, 0.1) is 23.8 Å². The third-order valence-corrected chi connectivity index (χ3v) is 5.62. The molecule has 8 nitrogen and oxygen atoms in total. The third kappa shape index (κ3) is 3.22. The topological polar surface area (TPSA) is 97.0 Å². The molecule has 1 spiro atoms. The van der Waals surface area contributed by atoms with Crippen LogP contribution in [0.4, 0.5) is 6.01 Å². The predicted molar refractivity (Wildman–Crippen MR) is 98.8 cm³/mol. The normalized spacial score (nSPS) is 18.0. The first-order valence-corrected chi connectivity index (χ1v) is 9.28. The van der Waals surface area contributed by atoms with Crippen molar-refractivity contribution in [2.45, 2.75) is 25.7 Å². The minimum Gasteiger partial charge on any atom is -0.402 e. The first-order valence-electron chi connectivity index (χ1n) is 9.28. The van der Waals surface area contributed by atoms with Gasteiger partial charge >= 0.3 is 6.01 Å². The van der Waals surface area contributed by atoms with Crippen molar-refractivity contribution in [3.05, 3.63) is 30.5 Å². The molecule has 0 bridgehead atoms. The Morgan fingerprint density at radius 3 is 2.67 bits per heavy atom. The molecule has 3 heterocycles. The van der Waals surface area contributed by atoms with Gasteiger partial charge in [0, 0.05) is 13.1 Å². The van der Waals surface area contributed by atoms with Gasteiger partial charge in [0.15, 0.2) is 0 Å². The van der Waals surface area contributed by atoms with Gasteiger partial charge in [-0.05, 0) is 43.2 Å². The van der Waals surface area contributed by atoms with Crippen LogP contribution >= 0.6 is 0 Å². The van der Waals surface area contributed by atoms with Crippen molar-refractivity contribution in [2.24, 2.45) is 5.41 Å². The zero-order valence-corrected chi connectivity index (χ0v) is 14.9. The summed E-state index contributed by atoms with van der Waals surface area (Å²) in [5, 5.41) is 10.9. The number of rotatable bonds is 4.